The van der Waals surface area contributed by atoms with Gasteiger partial charge in [-0.1, -0.05) is 25.1 Å². The average Bonchev–Trinajstić information content (AvgIpc) is 2.52. The first kappa shape index (κ1) is 16.8. The van der Waals surface area contributed by atoms with E-state index < -0.39 is 16.1 Å². The third-order valence-corrected chi connectivity index (χ3v) is 5.17. The third kappa shape index (κ3) is 3.80. The number of hydrogen-bond acceptors (Lipinski definition) is 3. The van der Waals surface area contributed by atoms with E-state index in [-0.39, 0.29) is 5.91 Å². The number of benzene rings is 1. The maximum Gasteiger partial charge on any atom is 0.246 e. The molecule has 1 aliphatic rings. The van der Waals surface area contributed by atoms with Crippen molar-refractivity contribution in [3.63, 3.8) is 0 Å². The van der Waals surface area contributed by atoms with Crippen LogP contribution in [0.5, 0.6) is 0 Å². The van der Waals surface area contributed by atoms with Crippen LogP contribution in [0.4, 0.5) is 5.69 Å². The Bertz CT molecular complexity index is 595. The standard InChI is InChI=1S/C16H24N2O3S/c1-3-15(16(19)17-12-8-5-9-13-17)18(22(2,20)21)14-10-6-4-7-11-14/h4,6-7,10-11,15H,3,5,8-9,12-13H2,1-2H3/t15-/m0/s1. The van der Waals surface area contributed by atoms with Gasteiger partial charge >= 0.3 is 0 Å². The Morgan fingerprint density at radius 1 is 1.18 bits per heavy atom. The van der Waals surface area contributed by atoms with E-state index in [0.29, 0.717) is 12.1 Å². The highest BCUT2D eigenvalue weighted by Crippen LogP contribution is 2.24. The molecule has 0 bridgehead atoms. The lowest BCUT2D eigenvalue weighted by Gasteiger charge is -2.35. The Morgan fingerprint density at radius 3 is 2.27 bits per heavy atom. The van der Waals surface area contributed by atoms with E-state index in [2.05, 4.69) is 0 Å². The SMILES string of the molecule is CC[C@@H](C(=O)N1CCCCC1)N(c1ccccc1)S(C)(=O)=O. The van der Waals surface area contributed by atoms with Gasteiger partial charge < -0.3 is 4.90 Å². The molecule has 5 nitrogen and oxygen atoms in total. The number of rotatable bonds is 5. The summed E-state index contributed by atoms with van der Waals surface area (Å²) in [6.45, 7) is 3.30. The Kier molecular flexibility index (Phi) is 5.45. The molecule has 1 fully saturated rings. The number of likely N-dealkylation sites (tertiary alicyclic amines) is 1. The van der Waals surface area contributed by atoms with Crippen LogP contribution in [0.25, 0.3) is 0 Å². The maximum absolute atomic E-state index is 12.8. The minimum absolute atomic E-state index is 0.0866. The monoisotopic (exact) mass is 324 g/mol. The van der Waals surface area contributed by atoms with Crippen molar-refractivity contribution >= 4 is 21.6 Å². The van der Waals surface area contributed by atoms with Crippen LogP contribution in [0.2, 0.25) is 0 Å². The van der Waals surface area contributed by atoms with Crippen molar-refractivity contribution in [3.05, 3.63) is 30.3 Å². The summed E-state index contributed by atoms with van der Waals surface area (Å²) in [6.07, 6.45) is 4.73. The van der Waals surface area contributed by atoms with E-state index in [9.17, 15) is 13.2 Å². The Balaban J connectivity index is 2.33. The first-order chi connectivity index (χ1) is 10.4. The second kappa shape index (κ2) is 7.13. The number of hydrogen-bond donors (Lipinski definition) is 0. The Morgan fingerprint density at radius 2 is 1.77 bits per heavy atom. The number of amides is 1. The molecule has 1 aliphatic heterocycles. The van der Waals surface area contributed by atoms with Gasteiger partial charge in [-0.05, 0) is 37.8 Å². The fourth-order valence-corrected chi connectivity index (χ4v) is 4.15. The van der Waals surface area contributed by atoms with Gasteiger partial charge in [0.15, 0.2) is 0 Å². The smallest absolute Gasteiger partial charge is 0.246 e. The van der Waals surface area contributed by atoms with Crippen LogP contribution in [-0.4, -0.2) is 44.6 Å². The van der Waals surface area contributed by atoms with E-state index in [1.807, 2.05) is 13.0 Å². The molecular weight excluding hydrogens is 300 g/mol. The number of para-hydroxylation sites is 1. The number of anilines is 1. The van der Waals surface area contributed by atoms with Gasteiger partial charge in [0.2, 0.25) is 15.9 Å². The fraction of sp³-hybridized carbons (Fsp3) is 0.562. The molecule has 22 heavy (non-hydrogen) atoms. The van der Waals surface area contributed by atoms with Crippen LogP contribution in [0.3, 0.4) is 0 Å². The van der Waals surface area contributed by atoms with Crippen molar-refractivity contribution in [2.75, 3.05) is 23.7 Å². The number of sulfonamides is 1. The zero-order valence-corrected chi connectivity index (χ0v) is 14.1. The molecule has 0 radical (unpaired) electrons. The maximum atomic E-state index is 12.8. The summed E-state index contributed by atoms with van der Waals surface area (Å²) in [5.41, 5.74) is 0.544. The summed E-state index contributed by atoms with van der Waals surface area (Å²) >= 11 is 0. The van der Waals surface area contributed by atoms with Gasteiger partial charge in [-0.25, -0.2) is 8.42 Å². The average molecular weight is 324 g/mol. The minimum Gasteiger partial charge on any atom is -0.341 e. The predicted molar refractivity (Wildman–Crippen MR) is 88.3 cm³/mol. The molecule has 1 aromatic carbocycles. The highest BCUT2D eigenvalue weighted by Gasteiger charge is 2.34. The van der Waals surface area contributed by atoms with E-state index in [0.717, 1.165) is 38.6 Å². The molecule has 1 heterocycles. The second-order valence-electron chi connectivity index (χ2n) is 5.70. The van der Waals surface area contributed by atoms with Gasteiger partial charge in [0, 0.05) is 13.1 Å². The molecule has 1 atom stereocenters. The molecule has 1 amide bonds. The van der Waals surface area contributed by atoms with Crippen molar-refractivity contribution < 1.29 is 13.2 Å². The molecule has 1 aromatic rings. The van der Waals surface area contributed by atoms with Crippen molar-refractivity contribution in [3.8, 4) is 0 Å². The largest absolute Gasteiger partial charge is 0.341 e. The molecule has 0 aliphatic carbocycles. The van der Waals surface area contributed by atoms with Crippen LogP contribution in [-0.2, 0) is 14.8 Å². The first-order valence-corrected chi connectivity index (χ1v) is 9.63. The van der Waals surface area contributed by atoms with Crippen molar-refractivity contribution in [1.29, 1.82) is 0 Å². The number of carbonyl (C=O) groups excluding carboxylic acids is 1. The molecule has 0 unspecified atom stereocenters. The van der Waals surface area contributed by atoms with Gasteiger partial charge in [0.05, 0.1) is 11.9 Å². The molecule has 0 spiro atoms. The van der Waals surface area contributed by atoms with Crippen molar-refractivity contribution in [2.45, 2.75) is 38.6 Å². The van der Waals surface area contributed by atoms with E-state index in [4.69, 9.17) is 0 Å². The number of nitrogens with zero attached hydrogens (tertiary/aromatic N) is 2. The summed E-state index contributed by atoms with van der Waals surface area (Å²) in [5.74, 6) is -0.0866. The predicted octanol–water partition coefficient (Wildman–Crippen LogP) is 2.24. The third-order valence-electron chi connectivity index (χ3n) is 3.99. The first-order valence-electron chi connectivity index (χ1n) is 7.78. The Hall–Kier alpha value is -1.56. The van der Waals surface area contributed by atoms with Crippen LogP contribution < -0.4 is 4.31 Å². The van der Waals surface area contributed by atoms with Gasteiger partial charge in [-0.3, -0.25) is 9.10 Å². The lowest BCUT2D eigenvalue weighted by molar-refractivity contribution is -0.133. The molecule has 6 heteroatoms. The van der Waals surface area contributed by atoms with E-state index in [1.165, 1.54) is 4.31 Å². The van der Waals surface area contributed by atoms with Crippen LogP contribution in [0.1, 0.15) is 32.6 Å². The molecule has 0 aromatic heterocycles. The summed E-state index contributed by atoms with van der Waals surface area (Å²) in [7, 11) is -3.53. The second-order valence-corrected chi connectivity index (χ2v) is 7.56. The number of carbonyl (C=O) groups is 1. The lowest BCUT2D eigenvalue weighted by atomic mass is 10.1. The van der Waals surface area contributed by atoms with E-state index >= 15 is 0 Å². The molecule has 0 saturated carbocycles. The quantitative estimate of drug-likeness (QED) is 0.834. The molecule has 0 N–H and O–H groups in total. The summed E-state index contributed by atoms with van der Waals surface area (Å²) in [5, 5.41) is 0. The van der Waals surface area contributed by atoms with Gasteiger partial charge in [-0.15, -0.1) is 0 Å². The zero-order chi connectivity index (χ0) is 16.2. The normalized spacial score (nSPS) is 17.1. The molecule has 122 valence electrons. The molecular formula is C16H24N2O3S. The van der Waals surface area contributed by atoms with Crippen molar-refractivity contribution in [2.24, 2.45) is 0 Å². The topological polar surface area (TPSA) is 57.7 Å². The van der Waals surface area contributed by atoms with Gasteiger partial charge in [-0.2, -0.15) is 0 Å². The van der Waals surface area contributed by atoms with Gasteiger partial charge in [0.1, 0.15) is 6.04 Å². The molecule has 2 rings (SSSR count). The van der Waals surface area contributed by atoms with Gasteiger partial charge in [0.25, 0.3) is 0 Å². The lowest BCUT2D eigenvalue weighted by Crippen LogP contribution is -2.51. The Labute approximate surface area is 133 Å². The van der Waals surface area contributed by atoms with Crippen molar-refractivity contribution in [1.82, 2.24) is 4.90 Å². The highest BCUT2D eigenvalue weighted by molar-refractivity contribution is 7.92. The molecule has 1 saturated heterocycles. The zero-order valence-electron chi connectivity index (χ0n) is 13.2. The van der Waals surface area contributed by atoms with E-state index in [1.54, 1.807) is 29.2 Å². The minimum atomic E-state index is -3.53. The number of piperidine rings is 1. The van der Waals surface area contributed by atoms with Crippen LogP contribution in [0, 0.1) is 0 Å². The summed E-state index contributed by atoms with van der Waals surface area (Å²) < 4.78 is 25.8. The fourth-order valence-electron chi connectivity index (χ4n) is 2.94. The van der Waals surface area contributed by atoms with Crippen LogP contribution >= 0.6 is 0 Å². The summed E-state index contributed by atoms with van der Waals surface area (Å²) in [4.78, 5) is 14.6. The van der Waals surface area contributed by atoms with Crippen LogP contribution in [0.15, 0.2) is 30.3 Å². The summed E-state index contributed by atoms with van der Waals surface area (Å²) in [6, 6.07) is 8.19. The highest BCUT2D eigenvalue weighted by atomic mass is 32.2.